The van der Waals surface area contributed by atoms with Crippen LogP contribution in [0.15, 0.2) is 24.3 Å². The number of esters is 1. The minimum atomic E-state index is -0.401. The second kappa shape index (κ2) is 8.07. The first-order valence-corrected chi connectivity index (χ1v) is 11.1. The van der Waals surface area contributed by atoms with Gasteiger partial charge in [0.15, 0.2) is 0 Å². The van der Waals surface area contributed by atoms with Gasteiger partial charge in [-0.05, 0) is 97.0 Å². The van der Waals surface area contributed by atoms with Crippen molar-refractivity contribution in [1.29, 1.82) is 0 Å². The van der Waals surface area contributed by atoms with E-state index in [0.29, 0.717) is 18.4 Å². The van der Waals surface area contributed by atoms with Crippen molar-refractivity contribution in [3.8, 4) is 0 Å². The molecule has 0 spiro atoms. The van der Waals surface area contributed by atoms with Crippen molar-refractivity contribution in [2.45, 2.75) is 91.3 Å². The third-order valence-corrected chi connectivity index (χ3v) is 7.48. The smallest absolute Gasteiger partial charge is 0.466 e. The summed E-state index contributed by atoms with van der Waals surface area (Å²) in [6.45, 7) is 14.7. The summed E-state index contributed by atoms with van der Waals surface area (Å²) in [4.78, 5) is 12.3. The van der Waals surface area contributed by atoms with Crippen LogP contribution in [0.4, 0.5) is 0 Å². The van der Waals surface area contributed by atoms with E-state index in [0.717, 1.165) is 31.1 Å². The molecule has 4 nitrogen and oxygen atoms in total. The van der Waals surface area contributed by atoms with E-state index in [1.165, 1.54) is 5.56 Å². The Morgan fingerprint density at radius 1 is 1.03 bits per heavy atom. The zero-order valence-electron chi connectivity index (χ0n) is 19.2. The van der Waals surface area contributed by atoms with Crippen LogP contribution in [0, 0.1) is 11.3 Å². The van der Waals surface area contributed by atoms with E-state index in [4.69, 9.17) is 14.0 Å². The Kier molecular flexibility index (Phi) is 6.22. The van der Waals surface area contributed by atoms with Gasteiger partial charge in [0.25, 0.3) is 0 Å². The van der Waals surface area contributed by atoms with Gasteiger partial charge < -0.3 is 14.0 Å². The predicted molar refractivity (Wildman–Crippen MR) is 117 cm³/mol. The van der Waals surface area contributed by atoms with E-state index >= 15 is 0 Å². The number of carbonyl (C=O) groups excluding carboxylic acids is 1. The molecule has 1 saturated carbocycles. The van der Waals surface area contributed by atoms with Crippen LogP contribution in [0.2, 0.25) is 0 Å². The quantitative estimate of drug-likeness (QED) is 0.524. The summed E-state index contributed by atoms with van der Waals surface area (Å²) < 4.78 is 17.6. The summed E-state index contributed by atoms with van der Waals surface area (Å²) in [7, 11) is -0.310. The van der Waals surface area contributed by atoms with Gasteiger partial charge in [0.05, 0.1) is 23.2 Å². The molecule has 0 N–H and O–H groups in total. The molecule has 0 bridgehead atoms. The molecule has 1 saturated heterocycles. The maximum Gasteiger partial charge on any atom is 0.494 e. The second-order valence-corrected chi connectivity index (χ2v) is 10.2. The molecule has 160 valence electrons. The molecule has 5 heteroatoms. The highest BCUT2D eigenvalue weighted by Crippen LogP contribution is 2.44. The summed E-state index contributed by atoms with van der Waals surface area (Å²) >= 11 is 0. The molecule has 1 aromatic carbocycles. The maximum atomic E-state index is 12.3. The monoisotopic (exact) mass is 400 g/mol. The molecule has 0 unspecified atom stereocenters. The van der Waals surface area contributed by atoms with Crippen LogP contribution in [-0.4, -0.2) is 30.9 Å². The summed E-state index contributed by atoms with van der Waals surface area (Å²) in [6.07, 6.45) is 4.36. The number of hydrogen-bond acceptors (Lipinski definition) is 4. The van der Waals surface area contributed by atoms with Gasteiger partial charge in [0.1, 0.15) is 0 Å². The Morgan fingerprint density at radius 3 is 2.03 bits per heavy atom. The fraction of sp³-hybridized carbons (Fsp3) is 0.708. The molecule has 1 heterocycles. The van der Waals surface area contributed by atoms with Crippen molar-refractivity contribution in [3.05, 3.63) is 29.8 Å². The third kappa shape index (κ3) is 4.41. The summed E-state index contributed by atoms with van der Waals surface area (Å²) in [5, 5.41) is 0. The Labute approximate surface area is 176 Å². The first-order chi connectivity index (χ1) is 13.5. The molecule has 2 fully saturated rings. The predicted octanol–water partition coefficient (Wildman–Crippen LogP) is 4.85. The maximum absolute atomic E-state index is 12.3. The van der Waals surface area contributed by atoms with E-state index < -0.39 is 5.41 Å². The minimum Gasteiger partial charge on any atom is -0.466 e. The van der Waals surface area contributed by atoms with Crippen molar-refractivity contribution >= 4 is 18.6 Å². The molecule has 3 rings (SSSR count). The fourth-order valence-corrected chi connectivity index (χ4v) is 4.54. The standard InChI is InChI=1S/C24H37BO4/c1-8-27-21(26)22(2,3)19-13-9-17(10-14-19)18-11-15-20(16-12-18)25-28-23(4,5)24(6,7)29-25/h11-12,15-17,19H,8-10,13-14H2,1-7H3. The van der Waals surface area contributed by atoms with Gasteiger partial charge in [0, 0.05) is 0 Å². The average molecular weight is 400 g/mol. The largest absolute Gasteiger partial charge is 0.494 e. The molecule has 1 aliphatic carbocycles. The molecule has 0 aromatic heterocycles. The van der Waals surface area contributed by atoms with Crippen molar-refractivity contribution in [3.63, 3.8) is 0 Å². The van der Waals surface area contributed by atoms with Crippen LogP contribution in [0.3, 0.4) is 0 Å². The van der Waals surface area contributed by atoms with E-state index in [1.807, 2.05) is 20.8 Å². The lowest BCUT2D eigenvalue weighted by atomic mass is 9.67. The Morgan fingerprint density at radius 2 is 1.55 bits per heavy atom. The van der Waals surface area contributed by atoms with Crippen LogP contribution >= 0.6 is 0 Å². The van der Waals surface area contributed by atoms with Gasteiger partial charge in [-0.3, -0.25) is 4.79 Å². The Hall–Kier alpha value is -1.33. The number of rotatable bonds is 5. The van der Waals surface area contributed by atoms with Gasteiger partial charge in [-0.1, -0.05) is 24.3 Å². The number of ether oxygens (including phenoxy) is 1. The summed E-state index contributed by atoms with van der Waals surface area (Å²) in [5.41, 5.74) is 1.41. The van der Waals surface area contributed by atoms with Gasteiger partial charge in [-0.15, -0.1) is 0 Å². The highest BCUT2D eigenvalue weighted by Gasteiger charge is 2.51. The lowest BCUT2D eigenvalue weighted by molar-refractivity contribution is -0.157. The topological polar surface area (TPSA) is 44.8 Å². The van der Waals surface area contributed by atoms with Crippen LogP contribution in [0.5, 0.6) is 0 Å². The Balaban J connectivity index is 1.61. The lowest BCUT2D eigenvalue weighted by Gasteiger charge is -2.37. The first kappa shape index (κ1) is 22.4. The third-order valence-electron chi connectivity index (χ3n) is 7.48. The molecular formula is C24H37BO4. The van der Waals surface area contributed by atoms with Crippen molar-refractivity contribution in [2.24, 2.45) is 11.3 Å². The van der Waals surface area contributed by atoms with Crippen LogP contribution in [0.1, 0.15) is 85.6 Å². The number of benzene rings is 1. The van der Waals surface area contributed by atoms with Crippen molar-refractivity contribution < 1.29 is 18.8 Å². The molecule has 1 aliphatic heterocycles. The number of carbonyl (C=O) groups is 1. The van der Waals surface area contributed by atoms with E-state index in [2.05, 4.69) is 52.0 Å². The minimum absolute atomic E-state index is 0.0600. The van der Waals surface area contributed by atoms with Crippen LogP contribution < -0.4 is 5.46 Å². The lowest BCUT2D eigenvalue weighted by Crippen LogP contribution is -2.41. The number of hydrogen-bond donors (Lipinski definition) is 0. The van der Waals surface area contributed by atoms with Gasteiger partial charge >= 0.3 is 13.1 Å². The zero-order valence-corrected chi connectivity index (χ0v) is 19.2. The zero-order chi connectivity index (χ0) is 21.4. The molecule has 0 atom stereocenters. The molecule has 0 amide bonds. The highest BCUT2D eigenvalue weighted by atomic mass is 16.7. The van der Waals surface area contributed by atoms with Crippen LogP contribution in [-0.2, 0) is 18.8 Å². The second-order valence-electron chi connectivity index (χ2n) is 10.2. The van der Waals surface area contributed by atoms with E-state index in [9.17, 15) is 4.79 Å². The van der Waals surface area contributed by atoms with Crippen molar-refractivity contribution in [2.75, 3.05) is 6.61 Å². The first-order valence-electron chi connectivity index (χ1n) is 11.1. The van der Waals surface area contributed by atoms with Gasteiger partial charge in [-0.25, -0.2) is 0 Å². The van der Waals surface area contributed by atoms with Gasteiger partial charge in [0.2, 0.25) is 0 Å². The normalized spacial score (nSPS) is 26.4. The van der Waals surface area contributed by atoms with E-state index in [-0.39, 0.29) is 24.3 Å². The van der Waals surface area contributed by atoms with E-state index in [1.54, 1.807) is 0 Å². The SMILES string of the molecule is CCOC(=O)C(C)(C)C1CCC(c2ccc(B3OC(C)(C)C(C)(C)O3)cc2)CC1. The average Bonchev–Trinajstić information content (AvgIpc) is 2.89. The fourth-order valence-electron chi connectivity index (χ4n) is 4.54. The molecular weight excluding hydrogens is 363 g/mol. The Bertz CT molecular complexity index is 699. The summed E-state index contributed by atoms with van der Waals surface area (Å²) in [5.74, 6) is 0.883. The van der Waals surface area contributed by atoms with Crippen LogP contribution in [0.25, 0.3) is 0 Å². The molecule has 29 heavy (non-hydrogen) atoms. The highest BCUT2D eigenvalue weighted by molar-refractivity contribution is 6.62. The van der Waals surface area contributed by atoms with Crippen molar-refractivity contribution in [1.82, 2.24) is 0 Å². The molecule has 1 aromatic rings. The molecule has 2 aliphatic rings. The summed E-state index contributed by atoms with van der Waals surface area (Å²) in [6, 6.07) is 8.74. The molecule has 0 radical (unpaired) electrons. The van der Waals surface area contributed by atoms with Gasteiger partial charge in [-0.2, -0.15) is 0 Å².